The van der Waals surface area contributed by atoms with Gasteiger partial charge in [0.25, 0.3) is 0 Å². The first-order chi connectivity index (χ1) is 8.74. The quantitative estimate of drug-likeness (QED) is 0.827. The summed E-state index contributed by atoms with van der Waals surface area (Å²) in [4.78, 5) is 10.7. The zero-order valence-electron chi connectivity index (χ0n) is 10.4. The SMILES string of the molecule is Cc1cnc(N)nc1N1CCc2ccccc2C1. The number of nitrogens with zero attached hydrogens (tertiary/aromatic N) is 3. The van der Waals surface area contributed by atoms with E-state index in [9.17, 15) is 0 Å². The van der Waals surface area contributed by atoms with Gasteiger partial charge in [0.1, 0.15) is 5.82 Å². The number of anilines is 2. The topological polar surface area (TPSA) is 55.0 Å². The van der Waals surface area contributed by atoms with E-state index in [1.165, 1.54) is 11.1 Å². The van der Waals surface area contributed by atoms with Gasteiger partial charge in [-0.2, -0.15) is 4.98 Å². The Morgan fingerprint density at radius 1 is 1.22 bits per heavy atom. The molecule has 1 aliphatic heterocycles. The Morgan fingerprint density at radius 2 is 2.00 bits per heavy atom. The third-order valence-corrected chi connectivity index (χ3v) is 3.39. The molecule has 0 fully saturated rings. The summed E-state index contributed by atoms with van der Waals surface area (Å²) < 4.78 is 0. The van der Waals surface area contributed by atoms with Crippen molar-refractivity contribution in [3.8, 4) is 0 Å². The summed E-state index contributed by atoms with van der Waals surface area (Å²) in [5.74, 6) is 1.30. The summed E-state index contributed by atoms with van der Waals surface area (Å²) in [6.45, 7) is 3.90. The number of aryl methyl sites for hydroxylation is 1. The highest BCUT2D eigenvalue weighted by Crippen LogP contribution is 2.25. The average molecular weight is 240 g/mol. The number of nitrogens with two attached hydrogens (primary N) is 1. The molecule has 4 nitrogen and oxygen atoms in total. The van der Waals surface area contributed by atoms with Gasteiger partial charge in [-0.1, -0.05) is 24.3 Å². The van der Waals surface area contributed by atoms with Crippen LogP contribution in [0, 0.1) is 6.92 Å². The molecule has 18 heavy (non-hydrogen) atoms. The van der Waals surface area contributed by atoms with Crippen molar-refractivity contribution in [3.63, 3.8) is 0 Å². The van der Waals surface area contributed by atoms with Crippen LogP contribution < -0.4 is 10.6 Å². The highest BCUT2D eigenvalue weighted by Gasteiger charge is 2.18. The van der Waals surface area contributed by atoms with Gasteiger partial charge in [-0.3, -0.25) is 0 Å². The molecule has 0 aliphatic carbocycles. The van der Waals surface area contributed by atoms with Gasteiger partial charge in [-0.15, -0.1) is 0 Å². The molecule has 0 radical (unpaired) electrons. The second kappa shape index (κ2) is 4.29. The minimum atomic E-state index is 0.342. The van der Waals surface area contributed by atoms with E-state index in [-0.39, 0.29) is 0 Å². The maximum absolute atomic E-state index is 5.68. The van der Waals surface area contributed by atoms with Crippen LogP contribution in [-0.4, -0.2) is 16.5 Å². The van der Waals surface area contributed by atoms with Gasteiger partial charge in [0.15, 0.2) is 0 Å². The van der Waals surface area contributed by atoms with Gasteiger partial charge in [0.05, 0.1) is 0 Å². The van der Waals surface area contributed by atoms with E-state index in [1.807, 2.05) is 6.92 Å². The van der Waals surface area contributed by atoms with E-state index in [1.54, 1.807) is 6.20 Å². The lowest BCUT2D eigenvalue weighted by Crippen LogP contribution is -2.31. The summed E-state index contributed by atoms with van der Waals surface area (Å²) in [7, 11) is 0. The standard InChI is InChI=1S/C14H16N4/c1-10-8-16-14(15)17-13(10)18-7-6-11-4-2-3-5-12(11)9-18/h2-5,8H,6-7,9H2,1H3,(H2,15,16,17). The Morgan fingerprint density at radius 3 is 2.83 bits per heavy atom. The smallest absolute Gasteiger partial charge is 0.221 e. The van der Waals surface area contributed by atoms with Crippen LogP contribution in [0.3, 0.4) is 0 Å². The molecule has 0 saturated carbocycles. The predicted octanol–water partition coefficient (Wildman–Crippen LogP) is 1.93. The van der Waals surface area contributed by atoms with Crippen LogP contribution in [0.4, 0.5) is 11.8 Å². The van der Waals surface area contributed by atoms with E-state index >= 15 is 0 Å². The number of rotatable bonds is 1. The minimum Gasteiger partial charge on any atom is -0.368 e. The van der Waals surface area contributed by atoms with E-state index in [0.29, 0.717) is 5.95 Å². The summed E-state index contributed by atoms with van der Waals surface area (Å²) in [6.07, 6.45) is 2.84. The summed E-state index contributed by atoms with van der Waals surface area (Å²) in [5, 5.41) is 0. The van der Waals surface area contributed by atoms with Crippen molar-refractivity contribution in [3.05, 3.63) is 47.2 Å². The van der Waals surface area contributed by atoms with Crippen molar-refractivity contribution in [2.45, 2.75) is 19.9 Å². The third-order valence-electron chi connectivity index (χ3n) is 3.39. The number of fused-ring (bicyclic) bond motifs is 1. The highest BCUT2D eigenvalue weighted by atomic mass is 15.2. The van der Waals surface area contributed by atoms with E-state index in [2.05, 4.69) is 39.1 Å². The lowest BCUT2D eigenvalue weighted by Gasteiger charge is -2.30. The number of nitrogen functional groups attached to an aromatic ring is 1. The Bertz CT molecular complexity index is 580. The Labute approximate surface area is 106 Å². The van der Waals surface area contributed by atoms with Gasteiger partial charge >= 0.3 is 0 Å². The zero-order valence-corrected chi connectivity index (χ0v) is 10.4. The molecule has 0 spiro atoms. The third kappa shape index (κ3) is 1.90. The van der Waals surface area contributed by atoms with Crippen LogP contribution in [0.1, 0.15) is 16.7 Å². The van der Waals surface area contributed by atoms with Crippen molar-refractivity contribution in [2.75, 3.05) is 17.2 Å². The lowest BCUT2D eigenvalue weighted by atomic mass is 10.00. The van der Waals surface area contributed by atoms with Gasteiger partial charge < -0.3 is 10.6 Å². The molecule has 0 bridgehead atoms. The molecular weight excluding hydrogens is 224 g/mol. The Balaban J connectivity index is 1.94. The largest absolute Gasteiger partial charge is 0.368 e. The monoisotopic (exact) mass is 240 g/mol. The molecule has 1 aromatic carbocycles. The zero-order chi connectivity index (χ0) is 12.5. The van der Waals surface area contributed by atoms with Gasteiger partial charge in [0.2, 0.25) is 5.95 Å². The fourth-order valence-corrected chi connectivity index (χ4v) is 2.44. The average Bonchev–Trinajstić information content (AvgIpc) is 2.41. The first-order valence-corrected chi connectivity index (χ1v) is 6.15. The summed E-state index contributed by atoms with van der Waals surface area (Å²) >= 11 is 0. The van der Waals surface area contributed by atoms with Crippen LogP contribution in [-0.2, 0) is 13.0 Å². The van der Waals surface area contributed by atoms with Crippen molar-refractivity contribution in [1.82, 2.24) is 9.97 Å². The van der Waals surface area contributed by atoms with Crippen LogP contribution in [0.15, 0.2) is 30.5 Å². The number of benzene rings is 1. The van der Waals surface area contributed by atoms with Gasteiger partial charge in [-0.25, -0.2) is 4.98 Å². The normalized spacial score (nSPS) is 14.4. The molecule has 0 saturated heterocycles. The second-order valence-corrected chi connectivity index (χ2v) is 4.68. The molecule has 0 atom stereocenters. The summed E-state index contributed by atoms with van der Waals surface area (Å²) in [6, 6.07) is 8.57. The molecule has 3 rings (SSSR count). The maximum Gasteiger partial charge on any atom is 0.221 e. The Hall–Kier alpha value is -2.10. The Kier molecular flexibility index (Phi) is 2.63. The lowest BCUT2D eigenvalue weighted by molar-refractivity contribution is 0.717. The van der Waals surface area contributed by atoms with Crippen LogP contribution in [0.25, 0.3) is 0 Å². The molecule has 2 N–H and O–H groups in total. The highest BCUT2D eigenvalue weighted by molar-refractivity contribution is 5.50. The first-order valence-electron chi connectivity index (χ1n) is 6.15. The minimum absolute atomic E-state index is 0.342. The first kappa shape index (κ1) is 11.0. The van der Waals surface area contributed by atoms with E-state index in [0.717, 1.165) is 30.9 Å². The van der Waals surface area contributed by atoms with Crippen LogP contribution in [0.5, 0.6) is 0 Å². The molecule has 0 unspecified atom stereocenters. The number of aromatic nitrogens is 2. The summed E-state index contributed by atoms with van der Waals surface area (Å²) in [5.41, 5.74) is 9.57. The van der Waals surface area contributed by atoms with Crippen molar-refractivity contribution in [2.24, 2.45) is 0 Å². The van der Waals surface area contributed by atoms with E-state index in [4.69, 9.17) is 5.73 Å². The number of hydrogen-bond donors (Lipinski definition) is 1. The molecule has 2 aromatic rings. The number of hydrogen-bond acceptors (Lipinski definition) is 4. The van der Waals surface area contributed by atoms with Crippen LogP contribution in [0.2, 0.25) is 0 Å². The fourth-order valence-electron chi connectivity index (χ4n) is 2.44. The maximum atomic E-state index is 5.68. The molecule has 92 valence electrons. The molecular formula is C14H16N4. The van der Waals surface area contributed by atoms with Crippen molar-refractivity contribution in [1.29, 1.82) is 0 Å². The second-order valence-electron chi connectivity index (χ2n) is 4.68. The van der Waals surface area contributed by atoms with Gasteiger partial charge in [0, 0.05) is 24.8 Å². The van der Waals surface area contributed by atoms with Crippen molar-refractivity contribution >= 4 is 11.8 Å². The van der Waals surface area contributed by atoms with Gasteiger partial charge in [-0.05, 0) is 24.5 Å². The predicted molar refractivity (Wildman–Crippen MR) is 72.4 cm³/mol. The fraction of sp³-hybridized carbons (Fsp3) is 0.286. The van der Waals surface area contributed by atoms with Crippen molar-refractivity contribution < 1.29 is 0 Å². The molecule has 0 amide bonds. The molecule has 1 aromatic heterocycles. The van der Waals surface area contributed by atoms with Crippen LogP contribution >= 0.6 is 0 Å². The molecule has 1 aliphatic rings. The molecule has 2 heterocycles. The van der Waals surface area contributed by atoms with E-state index < -0.39 is 0 Å². The molecule has 4 heteroatoms.